The van der Waals surface area contributed by atoms with E-state index in [0.29, 0.717) is 19.4 Å². The van der Waals surface area contributed by atoms with Gasteiger partial charge in [0.15, 0.2) is 0 Å². The molecule has 22 heavy (non-hydrogen) atoms. The molecule has 2 unspecified atom stereocenters. The van der Waals surface area contributed by atoms with E-state index in [2.05, 4.69) is 11.1 Å². The molecule has 6 heteroatoms. The minimum absolute atomic E-state index is 0.0445. The summed E-state index contributed by atoms with van der Waals surface area (Å²) < 4.78 is 0. The largest absolute Gasteiger partial charge is 0.368 e. The van der Waals surface area contributed by atoms with Crippen molar-refractivity contribution >= 4 is 17.6 Å². The molecule has 1 aliphatic heterocycles. The number of amides is 2. The molecule has 6 nitrogen and oxygen atoms in total. The fourth-order valence-electron chi connectivity index (χ4n) is 2.92. The number of carbonyl (C=O) groups is 2. The number of hydrogen-bond acceptors (Lipinski definition) is 4. The lowest BCUT2D eigenvalue weighted by molar-refractivity contribution is -0.133. The van der Waals surface area contributed by atoms with Gasteiger partial charge in [-0.15, -0.1) is 0 Å². The van der Waals surface area contributed by atoms with E-state index in [0.717, 1.165) is 18.7 Å². The highest BCUT2D eigenvalue weighted by atomic mass is 16.2. The van der Waals surface area contributed by atoms with Gasteiger partial charge in [0.05, 0.1) is 0 Å². The average molecular weight is 303 g/mol. The maximum Gasteiger partial charge on any atom is 0.240 e. The van der Waals surface area contributed by atoms with Gasteiger partial charge < -0.3 is 15.5 Å². The second-order valence-corrected chi connectivity index (χ2v) is 5.66. The predicted octanol–water partition coefficient (Wildman–Crippen LogP) is 0.963. The van der Waals surface area contributed by atoms with E-state index in [1.807, 2.05) is 24.9 Å². The number of nitrogens with two attached hydrogens (primary N) is 1. The third-order valence-electron chi connectivity index (χ3n) is 4.20. The fraction of sp³-hybridized carbons (Fsp3) is 0.562. The van der Waals surface area contributed by atoms with Crippen LogP contribution in [-0.4, -0.2) is 47.4 Å². The highest BCUT2D eigenvalue weighted by Gasteiger charge is 2.35. The van der Waals surface area contributed by atoms with Gasteiger partial charge in [-0.3, -0.25) is 9.59 Å². The molecular weight excluding hydrogens is 280 g/mol. The summed E-state index contributed by atoms with van der Waals surface area (Å²) >= 11 is 0. The molecule has 2 rings (SSSR count). The standard InChI is InChI=1S/C16H23N4O2/c1-3-6-15(21)19(2)12-8-10-20(13(11-12)16(17)22)14-7-4-5-9-18-14/h4,7,9,12-13H,3,6,8,10-11H2,1-2H3,(H2,17,22). The Balaban J connectivity index is 2.11. The van der Waals surface area contributed by atoms with Crippen molar-refractivity contribution in [2.75, 3.05) is 18.5 Å². The first-order valence-electron chi connectivity index (χ1n) is 7.68. The maximum atomic E-state index is 12.0. The Morgan fingerprint density at radius 1 is 1.55 bits per heavy atom. The summed E-state index contributed by atoms with van der Waals surface area (Å²) in [6.45, 7) is 2.64. The summed E-state index contributed by atoms with van der Waals surface area (Å²) in [7, 11) is 1.81. The molecule has 2 amide bonds. The van der Waals surface area contributed by atoms with Gasteiger partial charge in [-0.05, 0) is 31.4 Å². The monoisotopic (exact) mass is 303 g/mol. The summed E-state index contributed by atoms with van der Waals surface area (Å²) in [6, 6.07) is 6.06. The number of primary amides is 1. The number of hydrogen-bond donors (Lipinski definition) is 1. The van der Waals surface area contributed by atoms with Gasteiger partial charge in [0.25, 0.3) is 0 Å². The topological polar surface area (TPSA) is 79.5 Å². The maximum absolute atomic E-state index is 12.0. The van der Waals surface area contributed by atoms with Crippen LogP contribution < -0.4 is 10.6 Å². The molecular formula is C16H23N4O2. The van der Waals surface area contributed by atoms with Crippen molar-refractivity contribution in [2.45, 2.75) is 44.7 Å². The summed E-state index contributed by atoms with van der Waals surface area (Å²) in [5.41, 5.74) is 5.57. The van der Waals surface area contributed by atoms with Crippen molar-refractivity contribution in [1.82, 2.24) is 9.88 Å². The number of aromatic nitrogens is 1. The number of nitrogens with zero attached hydrogens (tertiary/aromatic N) is 3. The van der Waals surface area contributed by atoms with E-state index < -0.39 is 6.04 Å². The van der Waals surface area contributed by atoms with Crippen molar-refractivity contribution in [3.05, 3.63) is 24.4 Å². The lowest BCUT2D eigenvalue weighted by Crippen LogP contribution is -2.55. The lowest BCUT2D eigenvalue weighted by atomic mass is 9.95. The molecule has 1 aromatic rings. The SMILES string of the molecule is CCCC(=O)N(C)C1CCN(c2cc[c]cn2)C(C(N)=O)C1. The highest BCUT2D eigenvalue weighted by molar-refractivity contribution is 5.84. The third-order valence-corrected chi connectivity index (χ3v) is 4.20. The molecule has 1 aromatic heterocycles. The molecule has 1 fully saturated rings. The van der Waals surface area contributed by atoms with Gasteiger partial charge in [-0.2, -0.15) is 0 Å². The van der Waals surface area contributed by atoms with Crippen LogP contribution in [0.1, 0.15) is 32.6 Å². The quantitative estimate of drug-likeness (QED) is 0.879. The Bertz CT molecular complexity index is 520. The zero-order chi connectivity index (χ0) is 16.1. The van der Waals surface area contributed by atoms with Crippen LogP contribution in [0.5, 0.6) is 0 Å². The van der Waals surface area contributed by atoms with Crippen LogP contribution in [0.2, 0.25) is 0 Å². The van der Waals surface area contributed by atoms with E-state index in [9.17, 15) is 9.59 Å². The molecule has 2 N–H and O–H groups in total. The first kappa shape index (κ1) is 16.3. The van der Waals surface area contributed by atoms with Crippen molar-refractivity contribution in [2.24, 2.45) is 5.73 Å². The van der Waals surface area contributed by atoms with E-state index in [-0.39, 0.29) is 17.9 Å². The van der Waals surface area contributed by atoms with Crippen LogP contribution >= 0.6 is 0 Å². The zero-order valence-electron chi connectivity index (χ0n) is 13.2. The zero-order valence-corrected chi connectivity index (χ0v) is 13.2. The smallest absolute Gasteiger partial charge is 0.240 e. The molecule has 0 saturated carbocycles. The van der Waals surface area contributed by atoms with Gasteiger partial charge in [-0.25, -0.2) is 4.98 Å². The molecule has 1 saturated heterocycles. The number of carbonyl (C=O) groups excluding carboxylic acids is 2. The van der Waals surface area contributed by atoms with Gasteiger partial charge in [-0.1, -0.05) is 6.92 Å². The fourth-order valence-corrected chi connectivity index (χ4v) is 2.92. The summed E-state index contributed by atoms with van der Waals surface area (Å²) in [4.78, 5) is 31.8. The minimum atomic E-state index is -0.439. The number of pyridine rings is 1. The molecule has 1 radical (unpaired) electrons. The lowest BCUT2D eigenvalue weighted by Gasteiger charge is -2.41. The molecule has 2 heterocycles. The predicted molar refractivity (Wildman–Crippen MR) is 84.1 cm³/mol. The van der Waals surface area contributed by atoms with Crippen molar-refractivity contribution in [3.63, 3.8) is 0 Å². The second-order valence-electron chi connectivity index (χ2n) is 5.66. The van der Waals surface area contributed by atoms with Gasteiger partial charge >= 0.3 is 0 Å². The van der Waals surface area contributed by atoms with Crippen LogP contribution in [0.25, 0.3) is 0 Å². The first-order valence-corrected chi connectivity index (χ1v) is 7.68. The Morgan fingerprint density at radius 3 is 2.91 bits per heavy atom. The Kier molecular flexibility index (Phi) is 5.35. The molecule has 1 aliphatic rings. The normalized spacial score (nSPS) is 21.5. The molecule has 0 bridgehead atoms. The first-order chi connectivity index (χ1) is 10.5. The average Bonchev–Trinajstić information content (AvgIpc) is 2.54. The molecule has 0 aliphatic carbocycles. The Hall–Kier alpha value is -2.11. The molecule has 0 spiro atoms. The van der Waals surface area contributed by atoms with Crippen LogP contribution in [0, 0.1) is 6.07 Å². The molecule has 119 valence electrons. The highest BCUT2D eigenvalue weighted by Crippen LogP contribution is 2.25. The van der Waals surface area contributed by atoms with Crippen LogP contribution in [0.15, 0.2) is 18.3 Å². The van der Waals surface area contributed by atoms with E-state index in [4.69, 9.17) is 5.73 Å². The minimum Gasteiger partial charge on any atom is -0.368 e. The van der Waals surface area contributed by atoms with E-state index in [1.54, 1.807) is 17.2 Å². The third kappa shape index (κ3) is 3.55. The summed E-state index contributed by atoms with van der Waals surface area (Å²) in [6.07, 6.45) is 4.29. The number of rotatable bonds is 5. The Labute approximate surface area is 131 Å². The van der Waals surface area contributed by atoms with Crippen LogP contribution in [0.4, 0.5) is 5.82 Å². The van der Waals surface area contributed by atoms with Crippen LogP contribution in [0.3, 0.4) is 0 Å². The molecule has 2 atom stereocenters. The van der Waals surface area contributed by atoms with Gasteiger partial charge in [0.1, 0.15) is 11.9 Å². The van der Waals surface area contributed by atoms with E-state index in [1.165, 1.54) is 0 Å². The van der Waals surface area contributed by atoms with Gasteiger partial charge in [0, 0.05) is 38.3 Å². The van der Waals surface area contributed by atoms with Crippen LogP contribution in [-0.2, 0) is 9.59 Å². The molecule has 0 aromatic carbocycles. The number of anilines is 1. The van der Waals surface area contributed by atoms with E-state index >= 15 is 0 Å². The van der Waals surface area contributed by atoms with Gasteiger partial charge in [0.2, 0.25) is 11.8 Å². The summed E-state index contributed by atoms with van der Waals surface area (Å²) in [5, 5.41) is 0. The van der Waals surface area contributed by atoms with Crippen molar-refractivity contribution < 1.29 is 9.59 Å². The Morgan fingerprint density at radius 2 is 2.32 bits per heavy atom. The van der Waals surface area contributed by atoms with Crippen molar-refractivity contribution in [3.8, 4) is 0 Å². The van der Waals surface area contributed by atoms with Crippen molar-refractivity contribution in [1.29, 1.82) is 0 Å². The summed E-state index contributed by atoms with van der Waals surface area (Å²) in [5.74, 6) is 0.468. The second kappa shape index (κ2) is 7.24. The number of piperidine rings is 1.